The molecule has 0 spiro atoms. The van der Waals surface area contributed by atoms with Crippen molar-refractivity contribution in [3.8, 4) is 11.5 Å². The van der Waals surface area contributed by atoms with Gasteiger partial charge in [0.15, 0.2) is 0 Å². The first-order valence-corrected chi connectivity index (χ1v) is 12.0. The van der Waals surface area contributed by atoms with Gasteiger partial charge in [0, 0.05) is 13.1 Å². The van der Waals surface area contributed by atoms with Crippen LogP contribution in [-0.4, -0.2) is 61.3 Å². The zero-order valence-corrected chi connectivity index (χ0v) is 21.5. The Hall–Kier alpha value is -2.04. The van der Waals surface area contributed by atoms with Crippen molar-refractivity contribution in [2.45, 2.75) is 52.4 Å². The van der Waals surface area contributed by atoms with Gasteiger partial charge in [-0.3, -0.25) is 0 Å². The summed E-state index contributed by atoms with van der Waals surface area (Å²) in [6.45, 7) is 11.1. The number of rotatable bonds is 10. The lowest BCUT2D eigenvalue weighted by atomic mass is 9.85. The number of nitrogens with zero attached hydrogens (tertiary/aromatic N) is 2. The van der Waals surface area contributed by atoms with Crippen LogP contribution in [0.25, 0.3) is 0 Å². The summed E-state index contributed by atoms with van der Waals surface area (Å²) in [5, 5.41) is 19.0. The molecule has 0 aliphatic rings. The standard InChI is InChI=1S/2C14H23NO/c2*1-5-14(11(2)10-15(3)4)12-7-6-8-13(16)9-12/h2*6-9,11,14,16H,5,10H2,1-4H3/t11-,14+;/m0./s1. The van der Waals surface area contributed by atoms with Crippen LogP contribution < -0.4 is 0 Å². The van der Waals surface area contributed by atoms with Crippen molar-refractivity contribution in [3.05, 3.63) is 59.7 Å². The summed E-state index contributed by atoms with van der Waals surface area (Å²) >= 11 is 0. The molecule has 0 fully saturated rings. The molecule has 0 heterocycles. The van der Waals surface area contributed by atoms with Gasteiger partial charge in [-0.25, -0.2) is 0 Å². The number of phenolic OH excluding ortho intramolecular Hbond substituents is 2. The van der Waals surface area contributed by atoms with Gasteiger partial charge in [-0.15, -0.1) is 0 Å². The van der Waals surface area contributed by atoms with E-state index in [1.54, 1.807) is 12.1 Å². The number of hydrogen-bond acceptors (Lipinski definition) is 4. The molecule has 0 saturated carbocycles. The predicted molar refractivity (Wildman–Crippen MR) is 138 cm³/mol. The van der Waals surface area contributed by atoms with Crippen LogP contribution in [-0.2, 0) is 0 Å². The second-order valence-corrected chi connectivity index (χ2v) is 9.70. The number of aromatic hydroxyl groups is 2. The Morgan fingerprint density at radius 2 is 1.00 bits per heavy atom. The van der Waals surface area contributed by atoms with Crippen molar-refractivity contribution in [1.29, 1.82) is 0 Å². The Morgan fingerprint density at radius 1 is 0.656 bits per heavy atom. The molecule has 2 aromatic carbocycles. The van der Waals surface area contributed by atoms with Gasteiger partial charge >= 0.3 is 0 Å². The second-order valence-electron chi connectivity index (χ2n) is 9.70. The third-order valence-electron chi connectivity index (χ3n) is 6.16. The average molecular weight is 443 g/mol. The van der Waals surface area contributed by atoms with Crippen LogP contribution in [0, 0.1) is 11.8 Å². The fourth-order valence-electron chi connectivity index (χ4n) is 4.85. The van der Waals surface area contributed by atoms with Crippen LogP contribution in [0.5, 0.6) is 11.5 Å². The van der Waals surface area contributed by atoms with E-state index >= 15 is 0 Å². The molecule has 0 aliphatic heterocycles. The lowest BCUT2D eigenvalue weighted by Gasteiger charge is -2.26. The molecule has 0 aliphatic carbocycles. The van der Waals surface area contributed by atoms with Gasteiger partial charge in [-0.2, -0.15) is 0 Å². The second kappa shape index (κ2) is 14.2. The van der Waals surface area contributed by atoms with Crippen LogP contribution in [0.2, 0.25) is 0 Å². The largest absolute Gasteiger partial charge is 0.508 e. The Morgan fingerprint density at radius 3 is 1.25 bits per heavy atom. The molecule has 180 valence electrons. The van der Waals surface area contributed by atoms with E-state index in [1.807, 2.05) is 24.3 Å². The molecule has 2 N–H and O–H groups in total. The molecule has 2 aromatic rings. The molecule has 0 radical (unpaired) electrons. The van der Waals surface area contributed by atoms with Crippen molar-refractivity contribution in [2.24, 2.45) is 11.8 Å². The van der Waals surface area contributed by atoms with Crippen molar-refractivity contribution in [3.63, 3.8) is 0 Å². The minimum Gasteiger partial charge on any atom is -0.508 e. The molecule has 0 saturated heterocycles. The van der Waals surface area contributed by atoms with Crippen LogP contribution in [0.3, 0.4) is 0 Å². The number of hydrogen-bond donors (Lipinski definition) is 2. The molecule has 0 bridgehead atoms. The minimum absolute atomic E-state index is 0.369. The van der Waals surface area contributed by atoms with E-state index in [4.69, 9.17) is 0 Å². The molecular weight excluding hydrogens is 396 g/mol. The average Bonchev–Trinajstić information content (AvgIpc) is 2.68. The highest BCUT2D eigenvalue weighted by Gasteiger charge is 2.19. The number of phenols is 2. The monoisotopic (exact) mass is 442 g/mol. The van der Waals surface area contributed by atoms with E-state index in [2.05, 4.69) is 77.8 Å². The summed E-state index contributed by atoms with van der Waals surface area (Å²) in [6, 6.07) is 15.3. The summed E-state index contributed by atoms with van der Waals surface area (Å²) in [6.07, 6.45) is 2.22. The van der Waals surface area contributed by atoms with Gasteiger partial charge in [0.2, 0.25) is 0 Å². The summed E-state index contributed by atoms with van der Waals surface area (Å²) in [7, 11) is 8.41. The van der Waals surface area contributed by atoms with E-state index in [0.29, 0.717) is 35.2 Å². The van der Waals surface area contributed by atoms with Crippen LogP contribution in [0.15, 0.2) is 48.5 Å². The quantitative estimate of drug-likeness (QED) is 0.462. The first-order valence-electron chi connectivity index (χ1n) is 12.0. The van der Waals surface area contributed by atoms with E-state index in [0.717, 1.165) is 25.9 Å². The fraction of sp³-hybridized carbons (Fsp3) is 0.571. The first-order chi connectivity index (χ1) is 15.1. The van der Waals surface area contributed by atoms with Gasteiger partial charge < -0.3 is 20.0 Å². The zero-order valence-electron chi connectivity index (χ0n) is 21.5. The summed E-state index contributed by atoms with van der Waals surface area (Å²) in [5.74, 6) is 2.98. The van der Waals surface area contributed by atoms with Crippen molar-refractivity contribution >= 4 is 0 Å². The van der Waals surface area contributed by atoms with Gasteiger partial charge in [-0.05, 0) is 100 Å². The van der Waals surface area contributed by atoms with Crippen molar-refractivity contribution < 1.29 is 10.2 Å². The maximum Gasteiger partial charge on any atom is 0.115 e. The lowest BCUT2D eigenvalue weighted by Crippen LogP contribution is -2.24. The fourth-order valence-corrected chi connectivity index (χ4v) is 4.85. The van der Waals surface area contributed by atoms with Crippen molar-refractivity contribution in [1.82, 2.24) is 9.80 Å². The summed E-state index contributed by atoms with van der Waals surface area (Å²) < 4.78 is 0. The number of benzene rings is 2. The Kier molecular flexibility index (Phi) is 12.4. The summed E-state index contributed by atoms with van der Waals surface area (Å²) in [5.41, 5.74) is 2.49. The van der Waals surface area contributed by atoms with Gasteiger partial charge in [0.1, 0.15) is 11.5 Å². The molecule has 0 amide bonds. The Labute approximate surface area is 196 Å². The normalized spacial score (nSPS) is 15.1. The molecule has 4 heteroatoms. The van der Waals surface area contributed by atoms with Crippen LogP contribution in [0.4, 0.5) is 0 Å². The predicted octanol–water partition coefficient (Wildman–Crippen LogP) is 6.17. The first kappa shape index (κ1) is 28.0. The van der Waals surface area contributed by atoms with Gasteiger partial charge in [0.05, 0.1) is 0 Å². The maximum atomic E-state index is 9.51. The van der Waals surface area contributed by atoms with Crippen LogP contribution >= 0.6 is 0 Å². The summed E-state index contributed by atoms with van der Waals surface area (Å²) in [4.78, 5) is 4.44. The van der Waals surface area contributed by atoms with Gasteiger partial charge in [0.25, 0.3) is 0 Å². The van der Waals surface area contributed by atoms with E-state index < -0.39 is 0 Å². The molecule has 4 nitrogen and oxygen atoms in total. The third kappa shape index (κ3) is 9.62. The lowest BCUT2D eigenvalue weighted by molar-refractivity contribution is 0.301. The smallest absolute Gasteiger partial charge is 0.115 e. The SMILES string of the molecule is CCC(c1cccc(O)c1)C(C)CN(C)C.CC[C@@H](c1cccc(O)c1)[C@@H](C)CN(C)C. The Balaban J connectivity index is 0.000000320. The molecule has 2 unspecified atom stereocenters. The van der Waals surface area contributed by atoms with E-state index in [9.17, 15) is 10.2 Å². The van der Waals surface area contributed by atoms with Crippen molar-refractivity contribution in [2.75, 3.05) is 41.3 Å². The highest BCUT2D eigenvalue weighted by atomic mass is 16.3. The highest BCUT2D eigenvalue weighted by molar-refractivity contribution is 5.31. The molecule has 0 aromatic heterocycles. The van der Waals surface area contributed by atoms with E-state index in [-0.39, 0.29) is 0 Å². The minimum atomic E-state index is 0.369. The Bertz CT molecular complexity index is 710. The van der Waals surface area contributed by atoms with Gasteiger partial charge in [-0.1, -0.05) is 52.0 Å². The van der Waals surface area contributed by atoms with E-state index in [1.165, 1.54) is 11.1 Å². The third-order valence-corrected chi connectivity index (χ3v) is 6.16. The molecular formula is C28H46N2O2. The maximum absolute atomic E-state index is 9.51. The molecule has 2 rings (SSSR count). The molecule has 32 heavy (non-hydrogen) atoms. The van der Waals surface area contributed by atoms with Crippen LogP contribution in [0.1, 0.15) is 63.5 Å². The molecule has 4 atom stereocenters. The topological polar surface area (TPSA) is 46.9 Å². The highest BCUT2D eigenvalue weighted by Crippen LogP contribution is 2.31. The zero-order chi connectivity index (χ0) is 24.3.